The molecule has 0 fully saturated rings. The summed E-state index contributed by atoms with van der Waals surface area (Å²) in [5.74, 6) is 1.35. The molecule has 9 heteroatoms. The largest absolute Gasteiger partial charge is 0.461 e. The normalized spacial score (nSPS) is 11.7. The number of nitrogens with zero attached hydrogens (tertiary/aromatic N) is 3. The molecule has 0 spiro atoms. The van der Waals surface area contributed by atoms with Crippen LogP contribution in [-0.4, -0.2) is 14.8 Å². The van der Waals surface area contributed by atoms with Gasteiger partial charge >= 0.3 is 6.18 Å². The number of hydrogen-bond acceptors (Lipinski definition) is 4. The number of aromatic nitrogens is 3. The third-order valence-electron chi connectivity index (χ3n) is 4.09. The summed E-state index contributed by atoms with van der Waals surface area (Å²) in [4.78, 5) is 0. The lowest BCUT2D eigenvalue weighted by Crippen LogP contribution is -2.07. The van der Waals surface area contributed by atoms with Crippen LogP contribution in [0.1, 0.15) is 11.1 Å². The lowest BCUT2D eigenvalue weighted by atomic mass is 10.2. The van der Waals surface area contributed by atoms with Gasteiger partial charge in [0.2, 0.25) is 5.82 Å². The average molecular weight is 480 g/mol. The van der Waals surface area contributed by atoms with Gasteiger partial charge in [-0.3, -0.25) is 4.57 Å². The molecular weight excluding hydrogens is 467 g/mol. The van der Waals surface area contributed by atoms with E-state index in [0.29, 0.717) is 28.2 Å². The van der Waals surface area contributed by atoms with Crippen LogP contribution in [0.15, 0.2) is 81.0 Å². The topological polar surface area (TPSA) is 43.9 Å². The van der Waals surface area contributed by atoms with Crippen LogP contribution in [0.2, 0.25) is 0 Å². The minimum atomic E-state index is -4.44. The van der Waals surface area contributed by atoms with Crippen molar-refractivity contribution in [2.45, 2.75) is 17.1 Å². The first-order valence-corrected chi connectivity index (χ1v) is 10.2. The Kier molecular flexibility index (Phi) is 5.51. The smallest absolute Gasteiger partial charge is 0.416 e. The van der Waals surface area contributed by atoms with Crippen LogP contribution in [0, 0.1) is 0 Å². The highest BCUT2D eigenvalue weighted by Gasteiger charge is 2.31. The van der Waals surface area contributed by atoms with E-state index in [0.717, 1.165) is 22.2 Å². The second-order valence-electron chi connectivity index (χ2n) is 6.08. The Morgan fingerprint density at radius 3 is 2.48 bits per heavy atom. The highest BCUT2D eigenvalue weighted by atomic mass is 79.9. The second-order valence-corrected chi connectivity index (χ2v) is 7.94. The van der Waals surface area contributed by atoms with Crippen LogP contribution < -0.4 is 0 Å². The third kappa shape index (κ3) is 4.40. The van der Waals surface area contributed by atoms with Gasteiger partial charge in [-0.15, -0.1) is 10.2 Å². The van der Waals surface area contributed by atoms with Crippen molar-refractivity contribution in [1.82, 2.24) is 14.8 Å². The second kappa shape index (κ2) is 8.08. The molecule has 0 aliphatic heterocycles. The fourth-order valence-electron chi connectivity index (χ4n) is 2.71. The van der Waals surface area contributed by atoms with E-state index in [-0.39, 0.29) is 0 Å². The van der Waals surface area contributed by atoms with E-state index in [1.807, 2.05) is 24.3 Å². The van der Waals surface area contributed by atoms with Gasteiger partial charge in [-0.1, -0.05) is 45.9 Å². The minimum Gasteiger partial charge on any atom is -0.461 e. The molecule has 2 aromatic heterocycles. The van der Waals surface area contributed by atoms with Crippen molar-refractivity contribution in [2.24, 2.45) is 0 Å². The summed E-state index contributed by atoms with van der Waals surface area (Å²) in [6, 6.07) is 16.3. The lowest BCUT2D eigenvalue weighted by Gasteiger charge is -2.12. The van der Waals surface area contributed by atoms with Crippen LogP contribution in [0.25, 0.3) is 17.3 Å². The minimum absolute atomic E-state index is 0.314. The fraction of sp³-hybridized carbons (Fsp3) is 0.100. The Labute approximate surface area is 176 Å². The van der Waals surface area contributed by atoms with Gasteiger partial charge in [-0.25, -0.2) is 0 Å². The maximum atomic E-state index is 13.2. The first kappa shape index (κ1) is 19.8. The summed E-state index contributed by atoms with van der Waals surface area (Å²) >= 11 is 4.78. The molecule has 0 bridgehead atoms. The van der Waals surface area contributed by atoms with Gasteiger partial charge in [0.05, 0.1) is 17.5 Å². The van der Waals surface area contributed by atoms with E-state index >= 15 is 0 Å². The monoisotopic (exact) mass is 479 g/mol. The van der Waals surface area contributed by atoms with Crippen molar-refractivity contribution < 1.29 is 17.6 Å². The van der Waals surface area contributed by atoms with Gasteiger partial charge in [0.15, 0.2) is 10.9 Å². The molecule has 4 nitrogen and oxygen atoms in total. The molecule has 0 radical (unpaired) electrons. The molecule has 2 aromatic carbocycles. The number of benzene rings is 2. The average Bonchev–Trinajstić information content (AvgIpc) is 3.36. The Balaban J connectivity index is 1.74. The van der Waals surface area contributed by atoms with E-state index < -0.39 is 11.7 Å². The number of alkyl halides is 3. The molecule has 4 aromatic rings. The zero-order valence-electron chi connectivity index (χ0n) is 14.7. The summed E-state index contributed by atoms with van der Waals surface area (Å²) in [6.07, 6.45) is -2.96. The Morgan fingerprint density at radius 1 is 1.00 bits per heavy atom. The Hall–Kier alpha value is -2.52. The van der Waals surface area contributed by atoms with Gasteiger partial charge in [-0.05, 0) is 48.0 Å². The zero-order chi connectivity index (χ0) is 20.4. The summed E-state index contributed by atoms with van der Waals surface area (Å²) in [5.41, 5.74) is 0.629. The molecule has 0 saturated heterocycles. The molecule has 0 amide bonds. The molecule has 0 saturated carbocycles. The van der Waals surface area contributed by atoms with Crippen molar-refractivity contribution in [1.29, 1.82) is 0 Å². The Bertz CT molecular complexity index is 1110. The van der Waals surface area contributed by atoms with Crippen LogP contribution in [0.3, 0.4) is 0 Å². The number of furan rings is 1. The van der Waals surface area contributed by atoms with Gasteiger partial charge in [0.1, 0.15) is 0 Å². The van der Waals surface area contributed by atoms with Crippen molar-refractivity contribution >= 4 is 27.7 Å². The summed E-state index contributed by atoms with van der Waals surface area (Å²) in [6.45, 7) is 0. The van der Waals surface area contributed by atoms with Crippen LogP contribution >= 0.6 is 27.7 Å². The fourth-order valence-corrected chi connectivity index (χ4v) is 3.88. The highest BCUT2D eigenvalue weighted by Crippen LogP contribution is 2.34. The molecule has 29 heavy (non-hydrogen) atoms. The maximum absolute atomic E-state index is 13.2. The zero-order valence-corrected chi connectivity index (χ0v) is 17.1. The van der Waals surface area contributed by atoms with E-state index in [4.69, 9.17) is 4.42 Å². The lowest BCUT2D eigenvalue weighted by molar-refractivity contribution is -0.137. The van der Waals surface area contributed by atoms with Crippen molar-refractivity contribution in [3.05, 3.63) is 82.5 Å². The van der Waals surface area contributed by atoms with E-state index in [1.54, 1.807) is 22.8 Å². The maximum Gasteiger partial charge on any atom is 0.416 e. The predicted octanol–water partition coefficient (Wildman–Crippen LogP) is 6.60. The van der Waals surface area contributed by atoms with E-state index in [9.17, 15) is 13.2 Å². The van der Waals surface area contributed by atoms with Crippen LogP contribution in [0.5, 0.6) is 0 Å². The van der Waals surface area contributed by atoms with E-state index in [1.165, 1.54) is 24.1 Å². The van der Waals surface area contributed by atoms with Crippen LogP contribution in [-0.2, 0) is 11.9 Å². The van der Waals surface area contributed by atoms with Gasteiger partial charge in [-0.2, -0.15) is 13.2 Å². The summed E-state index contributed by atoms with van der Waals surface area (Å²) in [7, 11) is 0. The van der Waals surface area contributed by atoms with E-state index in [2.05, 4.69) is 26.1 Å². The molecular formula is C20H13BrF3N3OS. The number of thioether (sulfide) groups is 1. The van der Waals surface area contributed by atoms with Crippen molar-refractivity contribution in [3.8, 4) is 17.3 Å². The number of hydrogen-bond donors (Lipinski definition) is 0. The summed E-state index contributed by atoms with van der Waals surface area (Å²) in [5, 5.41) is 8.83. The number of halogens is 4. The first-order valence-electron chi connectivity index (χ1n) is 8.46. The molecule has 148 valence electrons. The predicted molar refractivity (Wildman–Crippen MR) is 108 cm³/mol. The molecule has 0 N–H and O–H groups in total. The molecule has 2 heterocycles. The standard InChI is InChI=1S/C20H13BrF3N3OS/c21-15-8-6-13(7-9-15)12-29-19-26-25-18(17-5-2-10-28-17)27(19)16-4-1-3-14(11-16)20(22,23)24/h1-11H,12H2. The van der Waals surface area contributed by atoms with Gasteiger partial charge in [0.25, 0.3) is 0 Å². The quantitative estimate of drug-likeness (QED) is 0.302. The SMILES string of the molecule is FC(F)(F)c1cccc(-n2c(SCc3ccc(Br)cc3)nnc2-c2ccco2)c1. The van der Waals surface area contributed by atoms with Crippen LogP contribution in [0.4, 0.5) is 13.2 Å². The number of rotatable bonds is 5. The third-order valence-corrected chi connectivity index (χ3v) is 5.62. The Morgan fingerprint density at radius 2 is 1.79 bits per heavy atom. The molecule has 4 rings (SSSR count). The summed E-state index contributed by atoms with van der Waals surface area (Å²) < 4.78 is 47.6. The molecule has 0 unspecified atom stereocenters. The molecule has 0 aliphatic rings. The molecule has 0 aliphatic carbocycles. The molecule has 0 atom stereocenters. The van der Waals surface area contributed by atoms with Gasteiger partial charge < -0.3 is 4.42 Å². The highest BCUT2D eigenvalue weighted by molar-refractivity contribution is 9.10. The first-order chi connectivity index (χ1) is 13.9. The van der Waals surface area contributed by atoms with Crippen molar-refractivity contribution in [2.75, 3.05) is 0 Å². The van der Waals surface area contributed by atoms with Gasteiger partial charge in [0, 0.05) is 10.2 Å². The van der Waals surface area contributed by atoms with Crippen molar-refractivity contribution in [3.63, 3.8) is 0 Å².